The highest BCUT2D eigenvalue weighted by molar-refractivity contribution is 14.0. The molecule has 1 aromatic carbocycles. The number of aromatic nitrogens is 3. The number of aryl methyl sites for hydroxylation is 1. The van der Waals surface area contributed by atoms with Crippen LogP contribution in [-0.4, -0.2) is 63.2 Å². The van der Waals surface area contributed by atoms with E-state index in [1.807, 2.05) is 18.5 Å². The zero-order chi connectivity index (χ0) is 20.9. The lowest BCUT2D eigenvalue weighted by atomic mass is 10.1. The van der Waals surface area contributed by atoms with Crippen molar-refractivity contribution >= 4 is 29.9 Å². The minimum absolute atomic E-state index is 0. The second-order valence-electron chi connectivity index (χ2n) is 8.75. The van der Waals surface area contributed by atoms with Crippen LogP contribution in [-0.2, 0) is 13.6 Å². The number of benzene rings is 1. The number of likely N-dealkylation sites (tertiary alicyclic amines) is 2. The number of hydrogen-bond donors (Lipinski definition) is 1. The second-order valence-corrected chi connectivity index (χ2v) is 8.75. The van der Waals surface area contributed by atoms with Crippen molar-refractivity contribution in [2.24, 2.45) is 18.0 Å². The summed E-state index contributed by atoms with van der Waals surface area (Å²) < 4.78 is 2.02. The maximum absolute atomic E-state index is 4.98. The molecule has 1 N–H and O–H groups in total. The molecule has 2 fully saturated rings. The lowest BCUT2D eigenvalue weighted by Gasteiger charge is -2.26. The Balaban J connectivity index is 0.00000272. The van der Waals surface area contributed by atoms with Gasteiger partial charge in [0.25, 0.3) is 0 Å². The average molecular weight is 537 g/mol. The molecule has 2 atom stereocenters. The van der Waals surface area contributed by atoms with Gasteiger partial charge >= 0.3 is 0 Å². The normalized spacial score (nSPS) is 20.7. The molecule has 0 saturated carbocycles. The molecule has 0 amide bonds. The van der Waals surface area contributed by atoms with E-state index in [1.54, 1.807) is 0 Å². The number of aliphatic imine (C=N–C) groups is 1. The lowest BCUT2D eigenvalue weighted by molar-refractivity contribution is 0.281. The topological polar surface area (TPSA) is 61.6 Å². The molecule has 1 aromatic heterocycles. The average Bonchev–Trinajstić information content (AvgIpc) is 3.51. The van der Waals surface area contributed by atoms with Crippen molar-refractivity contribution in [3.05, 3.63) is 47.5 Å². The first-order valence-corrected chi connectivity index (χ1v) is 11.3. The first kappa shape index (κ1) is 24.0. The zero-order valence-electron chi connectivity index (χ0n) is 19.0. The summed E-state index contributed by atoms with van der Waals surface area (Å²) in [6.07, 6.45) is 3.95. The Hall–Kier alpha value is -1.68. The molecule has 2 aliphatic heterocycles. The number of nitrogens with one attached hydrogen (secondary N) is 1. The monoisotopic (exact) mass is 537 g/mol. The highest BCUT2D eigenvalue weighted by atomic mass is 127. The molecule has 4 rings (SSSR count). The molecule has 2 unspecified atom stereocenters. The van der Waals surface area contributed by atoms with Crippen LogP contribution in [0.2, 0.25) is 0 Å². The standard InChI is InChI=1S/C23H35N7.HI/c1-18(21-9-5-4-6-10-21)25-23(24-15-22-27-26-19(2)28(22)3)30-14-11-20(17-30)16-29-12-7-8-13-29;/h4-6,9-10,18,20H,7-8,11-17H2,1-3H3,(H,24,25);1H. The van der Waals surface area contributed by atoms with Gasteiger partial charge in [-0.25, -0.2) is 4.99 Å². The predicted molar refractivity (Wildman–Crippen MR) is 136 cm³/mol. The van der Waals surface area contributed by atoms with Crippen molar-refractivity contribution in [1.29, 1.82) is 0 Å². The largest absolute Gasteiger partial charge is 0.350 e. The number of hydrogen-bond acceptors (Lipinski definition) is 4. The fourth-order valence-corrected chi connectivity index (χ4v) is 4.49. The lowest BCUT2D eigenvalue weighted by Crippen LogP contribution is -2.42. The molecule has 170 valence electrons. The molecule has 3 heterocycles. The van der Waals surface area contributed by atoms with Crippen LogP contribution in [0.4, 0.5) is 0 Å². The Kier molecular flexibility index (Phi) is 8.71. The van der Waals surface area contributed by atoms with Gasteiger partial charge < -0.3 is 19.7 Å². The summed E-state index contributed by atoms with van der Waals surface area (Å²) in [5.74, 6) is 3.52. The summed E-state index contributed by atoms with van der Waals surface area (Å²) in [6, 6.07) is 10.8. The Labute approximate surface area is 203 Å². The molecular formula is C23H36IN7. The van der Waals surface area contributed by atoms with E-state index >= 15 is 0 Å². The maximum Gasteiger partial charge on any atom is 0.194 e. The van der Waals surface area contributed by atoms with Crippen LogP contribution in [0.1, 0.15) is 49.4 Å². The van der Waals surface area contributed by atoms with Crippen LogP contribution in [0.3, 0.4) is 0 Å². The molecule has 0 bridgehead atoms. The highest BCUT2D eigenvalue weighted by Gasteiger charge is 2.28. The highest BCUT2D eigenvalue weighted by Crippen LogP contribution is 2.21. The molecule has 0 spiro atoms. The van der Waals surface area contributed by atoms with E-state index in [0.29, 0.717) is 6.54 Å². The third kappa shape index (κ3) is 6.19. The van der Waals surface area contributed by atoms with Gasteiger partial charge in [-0.15, -0.1) is 34.2 Å². The minimum Gasteiger partial charge on any atom is -0.350 e. The van der Waals surface area contributed by atoms with Gasteiger partial charge in [-0.05, 0) is 57.7 Å². The van der Waals surface area contributed by atoms with Gasteiger partial charge in [0.2, 0.25) is 0 Å². The quantitative estimate of drug-likeness (QED) is 0.348. The minimum atomic E-state index is 0. The van der Waals surface area contributed by atoms with E-state index in [0.717, 1.165) is 36.6 Å². The van der Waals surface area contributed by atoms with Crippen LogP contribution in [0, 0.1) is 12.8 Å². The number of nitrogens with zero attached hydrogens (tertiary/aromatic N) is 6. The van der Waals surface area contributed by atoms with Crippen molar-refractivity contribution < 1.29 is 0 Å². The summed E-state index contributed by atoms with van der Waals surface area (Å²) >= 11 is 0. The Morgan fingerprint density at radius 2 is 1.90 bits per heavy atom. The summed E-state index contributed by atoms with van der Waals surface area (Å²) in [5, 5.41) is 12.2. The SMILES string of the molecule is Cc1nnc(CN=C(NC(C)c2ccccc2)N2CCC(CN3CCCC3)C2)n1C.I. The van der Waals surface area contributed by atoms with Crippen molar-refractivity contribution in [2.75, 3.05) is 32.7 Å². The van der Waals surface area contributed by atoms with Gasteiger partial charge in [-0.1, -0.05) is 30.3 Å². The molecule has 7 nitrogen and oxygen atoms in total. The van der Waals surface area contributed by atoms with Crippen molar-refractivity contribution in [1.82, 2.24) is 29.9 Å². The van der Waals surface area contributed by atoms with Crippen molar-refractivity contribution in [3.63, 3.8) is 0 Å². The predicted octanol–water partition coefficient (Wildman–Crippen LogP) is 3.37. The maximum atomic E-state index is 4.98. The Morgan fingerprint density at radius 3 is 2.58 bits per heavy atom. The van der Waals surface area contributed by atoms with Crippen LogP contribution in [0.5, 0.6) is 0 Å². The van der Waals surface area contributed by atoms with E-state index in [9.17, 15) is 0 Å². The third-order valence-electron chi connectivity index (χ3n) is 6.50. The van der Waals surface area contributed by atoms with E-state index in [1.165, 1.54) is 44.5 Å². The molecule has 2 aliphatic rings. The Morgan fingerprint density at radius 1 is 1.16 bits per heavy atom. The van der Waals surface area contributed by atoms with Crippen LogP contribution >= 0.6 is 24.0 Å². The van der Waals surface area contributed by atoms with Crippen LogP contribution < -0.4 is 5.32 Å². The van der Waals surface area contributed by atoms with Crippen LogP contribution in [0.25, 0.3) is 0 Å². The fraction of sp³-hybridized carbons (Fsp3) is 0.609. The van der Waals surface area contributed by atoms with Gasteiger partial charge in [-0.3, -0.25) is 0 Å². The van der Waals surface area contributed by atoms with Gasteiger partial charge in [-0.2, -0.15) is 0 Å². The molecule has 8 heteroatoms. The summed E-state index contributed by atoms with van der Waals surface area (Å²) in [4.78, 5) is 10.0. The number of rotatable bonds is 6. The van der Waals surface area contributed by atoms with Gasteiger partial charge in [0.1, 0.15) is 12.4 Å². The molecular weight excluding hydrogens is 501 g/mol. The van der Waals surface area contributed by atoms with E-state index in [2.05, 4.69) is 62.6 Å². The first-order chi connectivity index (χ1) is 14.6. The summed E-state index contributed by atoms with van der Waals surface area (Å²) in [6.45, 7) is 10.6. The molecule has 0 radical (unpaired) electrons. The van der Waals surface area contributed by atoms with Crippen molar-refractivity contribution in [2.45, 2.75) is 45.7 Å². The third-order valence-corrected chi connectivity index (χ3v) is 6.50. The van der Waals surface area contributed by atoms with Gasteiger partial charge in [0, 0.05) is 26.7 Å². The summed E-state index contributed by atoms with van der Waals surface area (Å²) in [5.41, 5.74) is 1.27. The van der Waals surface area contributed by atoms with Crippen molar-refractivity contribution in [3.8, 4) is 0 Å². The van der Waals surface area contributed by atoms with E-state index in [4.69, 9.17) is 4.99 Å². The first-order valence-electron chi connectivity index (χ1n) is 11.3. The molecule has 0 aliphatic carbocycles. The van der Waals surface area contributed by atoms with E-state index < -0.39 is 0 Å². The van der Waals surface area contributed by atoms with Crippen LogP contribution in [0.15, 0.2) is 35.3 Å². The molecule has 2 saturated heterocycles. The molecule has 2 aromatic rings. The number of halogens is 1. The second kappa shape index (κ2) is 11.3. The smallest absolute Gasteiger partial charge is 0.194 e. The molecule has 31 heavy (non-hydrogen) atoms. The summed E-state index contributed by atoms with van der Waals surface area (Å²) in [7, 11) is 2.00. The zero-order valence-corrected chi connectivity index (χ0v) is 21.3. The Bertz CT molecular complexity index is 845. The number of guanidine groups is 1. The van der Waals surface area contributed by atoms with Gasteiger partial charge in [0.05, 0.1) is 6.04 Å². The fourth-order valence-electron chi connectivity index (χ4n) is 4.49. The van der Waals surface area contributed by atoms with E-state index in [-0.39, 0.29) is 30.0 Å². The van der Waals surface area contributed by atoms with Gasteiger partial charge in [0.15, 0.2) is 11.8 Å².